The molecule has 0 aliphatic heterocycles. The highest BCUT2D eigenvalue weighted by atomic mass is 35.5. The molecular formula is C22H23ClF2O3S. The minimum atomic E-state index is -4.05. The van der Waals surface area contributed by atoms with E-state index in [2.05, 4.69) is 0 Å². The Labute approximate surface area is 175 Å². The summed E-state index contributed by atoms with van der Waals surface area (Å²) in [6.07, 6.45) is 2.51. The van der Waals surface area contributed by atoms with Gasteiger partial charge in [0.25, 0.3) is 0 Å². The van der Waals surface area contributed by atoms with Gasteiger partial charge in [-0.25, -0.2) is 17.2 Å². The van der Waals surface area contributed by atoms with Crippen molar-refractivity contribution < 1.29 is 22.0 Å². The quantitative estimate of drug-likeness (QED) is 0.566. The van der Waals surface area contributed by atoms with Crippen LogP contribution in [0.3, 0.4) is 0 Å². The first-order valence-electron chi connectivity index (χ1n) is 9.61. The fourth-order valence-electron chi connectivity index (χ4n) is 4.32. The molecule has 0 saturated heterocycles. The zero-order valence-electron chi connectivity index (χ0n) is 16.1. The summed E-state index contributed by atoms with van der Waals surface area (Å²) in [4.78, 5) is 11.5. The van der Waals surface area contributed by atoms with Crippen molar-refractivity contribution in [2.45, 2.75) is 55.1 Å². The van der Waals surface area contributed by atoms with Crippen LogP contribution in [0.25, 0.3) is 0 Å². The number of sulfone groups is 1. The molecule has 156 valence electrons. The molecule has 0 aromatic heterocycles. The molecule has 1 saturated carbocycles. The maximum atomic E-state index is 14.8. The van der Waals surface area contributed by atoms with Crippen LogP contribution in [0.5, 0.6) is 0 Å². The van der Waals surface area contributed by atoms with Gasteiger partial charge in [-0.3, -0.25) is 0 Å². The van der Waals surface area contributed by atoms with Crippen LogP contribution in [0.15, 0.2) is 47.4 Å². The summed E-state index contributed by atoms with van der Waals surface area (Å²) in [6.45, 7) is 1.49. The molecule has 3 nitrogen and oxygen atoms in total. The van der Waals surface area contributed by atoms with Crippen LogP contribution in [0.1, 0.15) is 51.0 Å². The molecule has 3 rings (SSSR count). The number of carbonyl (C=O) groups excluding carboxylic acids is 1. The second-order valence-corrected chi connectivity index (χ2v) is 10.5. The highest BCUT2D eigenvalue weighted by Gasteiger charge is 2.50. The van der Waals surface area contributed by atoms with E-state index in [4.69, 9.17) is 11.6 Å². The Balaban J connectivity index is 2.15. The van der Waals surface area contributed by atoms with Crippen molar-refractivity contribution in [3.8, 4) is 0 Å². The number of Topliss-reactive ketones (excluding diaryl/α,β-unsaturated/α-hetero) is 1. The normalized spacial score (nSPS) is 22.4. The Morgan fingerprint density at radius 1 is 1.17 bits per heavy atom. The number of carbonyl (C=O) groups is 1. The summed E-state index contributed by atoms with van der Waals surface area (Å²) in [6, 6.07) is 8.70. The zero-order valence-corrected chi connectivity index (χ0v) is 17.7. The van der Waals surface area contributed by atoms with E-state index >= 15 is 0 Å². The average molecular weight is 441 g/mol. The molecule has 0 N–H and O–H groups in total. The summed E-state index contributed by atoms with van der Waals surface area (Å²) in [5.74, 6) is -1.47. The molecule has 0 heterocycles. The van der Waals surface area contributed by atoms with Crippen LogP contribution in [0.2, 0.25) is 5.02 Å². The van der Waals surface area contributed by atoms with Gasteiger partial charge >= 0.3 is 0 Å². The lowest BCUT2D eigenvalue weighted by Crippen LogP contribution is -2.41. The van der Waals surface area contributed by atoms with Crippen molar-refractivity contribution in [1.82, 2.24) is 0 Å². The second kappa shape index (κ2) is 8.52. The number of ketones is 1. The van der Waals surface area contributed by atoms with E-state index in [1.54, 1.807) is 0 Å². The van der Waals surface area contributed by atoms with Crippen LogP contribution >= 0.6 is 11.6 Å². The Morgan fingerprint density at radius 3 is 2.52 bits per heavy atom. The van der Waals surface area contributed by atoms with Crippen LogP contribution in [-0.2, 0) is 19.4 Å². The molecule has 0 unspecified atom stereocenters. The van der Waals surface area contributed by atoms with Gasteiger partial charge in [0, 0.05) is 17.0 Å². The minimum Gasteiger partial charge on any atom is -0.300 e. The Kier molecular flexibility index (Phi) is 6.44. The van der Waals surface area contributed by atoms with Gasteiger partial charge in [0.2, 0.25) is 0 Å². The number of halogens is 3. The topological polar surface area (TPSA) is 51.2 Å². The zero-order chi connectivity index (χ0) is 21.2. The first kappa shape index (κ1) is 21.9. The Hall–Kier alpha value is -1.79. The third-order valence-electron chi connectivity index (χ3n) is 5.77. The molecule has 0 radical (unpaired) electrons. The Bertz CT molecular complexity index is 1010. The van der Waals surface area contributed by atoms with Gasteiger partial charge in [-0.2, -0.15) is 0 Å². The highest BCUT2D eigenvalue weighted by molar-refractivity contribution is 7.92. The SMILES string of the molecule is CC(=O)CC[C@@H]1CCC[C@@](c2cc(F)ccc2F)(S(=O)(=O)c2ccc(Cl)cc2)C1. The molecule has 1 aliphatic carbocycles. The van der Waals surface area contributed by atoms with Crippen molar-refractivity contribution in [3.05, 3.63) is 64.7 Å². The number of rotatable bonds is 6. The first-order chi connectivity index (χ1) is 13.7. The smallest absolute Gasteiger partial charge is 0.188 e. The minimum absolute atomic E-state index is 0.0257. The second-order valence-electron chi connectivity index (χ2n) is 7.78. The van der Waals surface area contributed by atoms with E-state index in [-0.39, 0.29) is 35.0 Å². The van der Waals surface area contributed by atoms with Crippen LogP contribution in [-0.4, -0.2) is 14.2 Å². The predicted molar refractivity (Wildman–Crippen MR) is 109 cm³/mol. The lowest BCUT2D eigenvalue weighted by atomic mass is 9.75. The molecule has 0 amide bonds. The molecule has 7 heteroatoms. The predicted octanol–water partition coefficient (Wildman–Crippen LogP) is 5.85. The van der Waals surface area contributed by atoms with Gasteiger partial charge < -0.3 is 4.79 Å². The first-order valence-corrected chi connectivity index (χ1v) is 11.5. The molecule has 2 aromatic rings. The van der Waals surface area contributed by atoms with Gasteiger partial charge in [-0.1, -0.05) is 24.4 Å². The van der Waals surface area contributed by atoms with Gasteiger partial charge in [-0.05, 0) is 74.6 Å². The van der Waals surface area contributed by atoms with Crippen molar-refractivity contribution >= 4 is 27.2 Å². The molecule has 2 aromatic carbocycles. The molecule has 1 aliphatic rings. The van der Waals surface area contributed by atoms with Crippen molar-refractivity contribution in [1.29, 1.82) is 0 Å². The van der Waals surface area contributed by atoms with Crippen LogP contribution in [0, 0.1) is 17.6 Å². The van der Waals surface area contributed by atoms with Crippen molar-refractivity contribution in [2.24, 2.45) is 5.92 Å². The molecule has 2 atom stereocenters. The summed E-state index contributed by atoms with van der Waals surface area (Å²) < 4.78 is 54.8. The van der Waals surface area contributed by atoms with E-state index in [1.165, 1.54) is 31.2 Å². The maximum Gasteiger partial charge on any atom is 0.188 e. The molecule has 29 heavy (non-hydrogen) atoms. The lowest BCUT2D eigenvalue weighted by molar-refractivity contribution is -0.117. The van der Waals surface area contributed by atoms with E-state index in [9.17, 15) is 22.0 Å². The lowest BCUT2D eigenvalue weighted by Gasteiger charge is -2.41. The monoisotopic (exact) mass is 440 g/mol. The van der Waals surface area contributed by atoms with Crippen LogP contribution < -0.4 is 0 Å². The van der Waals surface area contributed by atoms with Gasteiger partial charge in [0.1, 0.15) is 22.2 Å². The molecule has 0 bridgehead atoms. The summed E-state index contributed by atoms with van der Waals surface area (Å²) in [5.41, 5.74) is -0.139. The van der Waals surface area contributed by atoms with Gasteiger partial charge in [0.05, 0.1) is 4.90 Å². The van der Waals surface area contributed by atoms with E-state index in [0.717, 1.165) is 24.6 Å². The molecular weight excluding hydrogens is 418 g/mol. The highest BCUT2D eigenvalue weighted by Crippen LogP contribution is 2.50. The Morgan fingerprint density at radius 2 is 1.86 bits per heavy atom. The third-order valence-corrected chi connectivity index (χ3v) is 8.54. The van der Waals surface area contributed by atoms with Crippen molar-refractivity contribution in [2.75, 3.05) is 0 Å². The van der Waals surface area contributed by atoms with E-state index in [1.807, 2.05) is 0 Å². The largest absolute Gasteiger partial charge is 0.300 e. The summed E-state index contributed by atoms with van der Waals surface area (Å²) in [7, 11) is -4.05. The fraction of sp³-hybridized carbons (Fsp3) is 0.409. The van der Waals surface area contributed by atoms with E-state index < -0.39 is 26.2 Å². The van der Waals surface area contributed by atoms with Crippen LogP contribution in [0.4, 0.5) is 8.78 Å². The molecule has 0 spiro atoms. The average Bonchev–Trinajstić information content (AvgIpc) is 2.68. The summed E-state index contributed by atoms with van der Waals surface area (Å²) in [5, 5.41) is 0.387. The molecule has 1 fully saturated rings. The summed E-state index contributed by atoms with van der Waals surface area (Å²) >= 11 is 5.90. The number of hydrogen-bond acceptors (Lipinski definition) is 3. The number of hydrogen-bond donors (Lipinski definition) is 0. The number of benzene rings is 2. The van der Waals surface area contributed by atoms with Crippen molar-refractivity contribution in [3.63, 3.8) is 0 Å². The standard InChI is InChI=1S/C22H23ClF2O3S/c1-15(26)4-5-16-3-2-12-22(14-16,20-13-18(24)8-11-21(20)25)29(27,28)19-9-6-17(23)7-10-19/h6-11,13,16H,2-5,12,14H2,1H3/t16-,22+/m0/s1. The third kappa shape index (κ3) is 4.38. The maximum absolute atomic E-state index is 14.8. The fourth-order valence-corrected chi connectivity index (χ4v) is 6.71. The van der Waals surface area contributed by atoms with E-state index in [0.29, 0.717) is 24.3 Å². The van der Waals surface area contributed by atoms with Gasteiger partial charge in [-0.15, -0.1) is 0 Å². The van der Waals surface area contributed by atoms with Gasteiger partial charge in [0.15, 0.2) is 9.84 Å².